The molecule has 0 unspecified atom stereocenters. The fraction of sp³-hybridized carbons (Fsp3) is 0.222. The number of halogens is 2. The standard InChI is InChI=1S/C18H17Cl2N5O/c19-15-6-1-12(11-16(15)20)17-22-18(24-23-17)21-13-2-4-14(5-3-13)25-7-9-26-10-8-25/h1-6,11H,7-10H2,(H2,21,22,23,24). The van der Waals surface area contributed by atoms with E-state index in [9.17, 15) is 0 Å². The number of nitrogens with zero attached hydrogens (tertiary/aromatic N) is 3. The van der Waals surface area contributed by atoms with E-state index in [1.165, 1.54) is 5.69 Å². The van der Waals surface area contributed by atoms with E-state index in [1.54, 1.807) is 12.1 Å². The van der Waals surface area contributed by atoms with Crippen molar-refractivity contribution in [3.8, 4) is 11.4 Å². The number of morpholine rings is 1. The van der Waals surface area contributed by atoms with Crippen molar-refractivity contribution in [1.82, 2.24) is 15.2 Å². The highest BCUT2D eigenvalue weighted by Gasteiger charge is 2.11. The van der Waals surface area contributed by atoms with E-state index in [2.05, 4.69) is 37.5 Å². The quantitative estimate of drug-likeness (QED) is 0.693. The molecule has 0 atom stereocenters. The fourth-order valence-corrected chi connectivity index (χ4v) is 3.09. The average molecular weight is 390 g/mol. The average Bonchev–Trinajstić information content (AvgIpc) is 3.14. The lowest BCUT2D eigenvalue weighted by molar-refractivity contribution is 0.122. The molecule has 0 radical (unpaired) electrons. The molecule has 1 fully saturated rings. The minimum absolute atomic E-state index is 0.480. The van der Waals surface area contributed by atoms with Crippen molar-refractivity contribution in [2.45, 2.75) is 0 Å². The first-order chi connectivity index (χ1) is 12.7. The van der Waals surface area contributed by atoms with Gasteiger partial charge in [0.2, 0.25) is 5.95 Å². The number of aromatic amines is 1. The number of hydrogen-bond donors (Lipinski definition) is 2. The number of benzene rings is 2. The first-order valence-electron chi connectivity index (χ1n) is 8.27. The van der Waals surface area contributed by atoms with Crippen molar-refractivity contribution < 1.29 is 4.74 Å². The Morgan fingerprint density at radius 1 is 1.00 bits per heavy atom. The van der Waals surface area contributed by atoms with Crippen molar-refractivity contribution >= 4 is 40.5 Å². The van der Waals surface area contributed by atoms with Crippen LogP contribution >= 0.6 is 23.2 Å². The summed E-state index contributed by atoms with van der Waals surface area (Å²) in [7, 11) is 0. The third-order valence-corrected chi connectivity index (χ3v) is 4.92. The monoisotopic (exact) mass is 389 g/mol. The molecule has 1 aromatic heterocycles. The van der Waals surface area contributed by atoms with Crippen LogP contribution in [0.2, 0.25) is 10.0 Å². The molecule has 3 aromatic rings. The third-order valence-electron chi connectivity index (χ3n) is 4.18. The van der Waals surface area contributed by atoms with Crippen LogP contribution in [0.5, 0.6) is 0 Å². The van der Waals surface area contributed by atoms with E-state index < -0.39 is 0 Å². The lowest BCUT2D eigenvalue weighted by Gasteiger charge is -2.28. The van der Waals surface area contributed by atoms with Gasteiger partial charge in [0.15, 0.2) is 5.82 Å². The van der Waals surface area contributed by atoms with Crippen LogP contribution in [-0.2, 0) is 4.74 Å². The third kappa shape index (κ3) is 3.77. The topological polar surface area (TPSA) is 66.1 Å². The molecule has 1 aliphatic heterocycles. The predicted molar refractivity (Wildman–Crippen MR) is 105 cm³/mol. The van der Waals surface area contributed by atoms with Crippen molar-refractivity contribution in [3.05, 3.63) is 52.5 Å². The van der Waals surface area contributed by atoms with E-state index >= 15 is 0 Å². The summed E-state index contributed by atoms with van der Waals surface area (Å²) in [4.78, 5) is 6.76. The lowest BCUT2D eigenvalue weighted by Crippen LogP contribution is -2.36. The summed E-state index contributed by atoms with van der Waals surface area (Å²) < 4.78 is 5.39. The van der Waals surface area contributed by atoms with Crippen LogP contribution in [0.3, 0.4) is 0 Å². The number of ether oxygens (including phenoxy) is 1. The summed E-state index contributed by atoms with van der Waals surface area (Å²) in [6.07, 6.45) is 0. The molecule has 1 aliphatic rings. The molecular formula is C18H17Cl2N5O. The Balaban J connectivity index is 1.46. The van der Waals surface area contributed by atoms with Crippen LogP contribution in [0.15, 0.2) is 42.5 Å². The molecule has 2 N–H and O–H groups in total. The highest BCUT2D eigenvalue weighted by Crippen LogP contribution is 2.27. The van der Waals surface area contributed by atoms with Gasteiger partial charge < -0.3 is 15.0 Å². The van der Waals surface area contributed by atoms with Crippen molar-refractivity contribution in [3.63, 3.8) is 0 Å². The molecule has 2 aromatic carbocycles. The number of nitrogens with one attached hydrogen (secondary N) is 2. The van der Waals surface area contributed by atoms with Crippen LogP contribution in [0, 0.1) is 0 Å². The van der Waals surface area contributed by atoms with Crippen molar-refractivity contribution in [2.24, 2.45) is 0 Å². The Bertz CT molecular complexity index is 891. The van der Waals surface area contributed by atoms with E-state index in [1.807, 2.05) is 18.2 Å². The molecule has 6 nitrogen and oxygen atoms in total. The van der Waals surface area contributed by atoms with Crippen LogP contribution < -0.4 is 10.2 Å². The van der Waals surface area contributed by atoms with Gasteiger partial charge in [0, 0.05) is 30.0 Å². The summed E-state index contributed by atoms with van der Waals surface area (Å²) in [5, 5.41) is 11.3. The smallest absolute Gasteiger partial charge is 0.246 e. The Morgan fingerprint density at radius 3 is 2.50 bits per heavy atom. The van der Waals surface area contributed by atoms with Crippen LogP contribution in [0.1, 0.15) is 0 Å². The van der Waals surface area contributed by atoms with Crippen molar-refractivity contribution in [2.75, 3.05) is 36.5 Å². The van der Waals surface area contributed by atoms with Gasteiger partial charge in [0.1, 0.15) is 0 Å². The van der Waals surface area contributed by atoms with Gasteiger partial charge in [-0.3, -0.25) is 5.10 Å². The van der Waals surface area contributed by atoms with Gasteiger partial charge in [-0.15, -0.1) is 5.10 Å². The SMILES string of the molecule is Clc1ccc(-c2nc(Nc3ccc(N4CCOCC4)cc3)n[nH]2)cc1Cl. The van der Waals surface area contributed by atoms with E-state index in [0.717, 1.165) is 37.6 Å². The van der Waals surface area contributed by atoms with Gasteiger partial charge in [0.25, 0.3) is 0 Å². The van der Waals surface area contributed by atoms with Gasteiger partial charge in [-0.25, -0.2) is 0 Å². The van der Waals surface area contributed by atoms with E-state index in [-0.39, 0.29) is 0 Å². The molecule has 2 heterocycles. The zero-order chi connectivity index (χ0) is 17.9. The molecule has 26 heavy (non-hydrogen) atoms. The maximum atomic E-state index is 6.06. The maximum Gasteiger partial charge on any atom is 0.246 e. The van der Waals surface area contributed by atoms with Crippen molar-refractivity contribution in [1.29, 1.82) is 0 Å². The number of rotatable bonds is 4. The second-order valence-electron chi connectivity index (χ2n) is 5.91. The highest BCUT2D eigenvalue weighted by atomic mass is 35.5. The molecule has 8 heteroatoms. The van der Waals surface area contributed by atoms with E-state index in [4.69, 9.17) is 27.9 Å². The molecule has 0 bridgehead atoms. The zero-order valence-electron chi connectivity index (χ0n) is 13.9. The Labute approximate surface area is 161 Å². The van der Waals surface area contributed by atoms with Crippen LogP contribution in [0.25, 0.3) is 11.4 Å². The summed E-state index contributed by atoms with van der Waals surface area (Å²) in [6, 6.07) is 13.5. The van der Waals surface area contributed by atoms with Gasteiger partial charge in [-0.1, -0.05) is 23.2 Å². The number of anilines is 3. The minimum atomic E-state index is 0.480. The largest absolute Gasteiger partial charge is 0.378 e. The van der Waals surface area contributed by atoms with Gasteiger partial charge in [-0.2, -0.15) is 4.98 Å². The molecule has 0 saturated carbocycles. The predicted octanol–water partition coefficient (Wildman–Crippen LogP) is 4.36. The summed E-state index contributed by atoms with van der Waals surface area (Å²) in [5.41, 5.74) is 2.93. The number of aromatic nitrogens is 3. The van der Waals surface area contributed by atoms with Crippen LogP contribution in [0.4, 0.5) is 17.3 Å². The van der Waals surface area contributed by atoms with Gasteiger partial charge >= 0.3 is 0 Å². The Kier molecular flexibility index (Phi) is 4.97. The molecule has 0 amide bonds. The van der Waals surface area contributed by atoms with Gasteiger partial charge in [-0.05, 0) is 42.5 Å². The molecule has 4 rings (SSSR count). The summed E-state index contributed by atoms with van der Waals surface area (Å²) in [5.74, 6) is 1.11. The second-order valence-corrected chi connectivity index (χ2v) is 6.72. The highest BCUT2D eigenvalue weighted by molar-refractivity contribution is 6.42. The van der Waals surface area contributed by atoms with Gasteiger partial charge in [0.05, 0.1) is 23.3 Å². The second kappa shape index (κ2) is 7.53. The molecule has 1 saturated heterocycles. The summed E-state index contributed by atoms with van der Waals surface area (Å²) >= 11 is 12.0. The first kappa shape index (κ1) is 17.1. The number of hydrogen-bond acceptors (Lipinski definition) is 5. The molecule has 0 aliphatic carbocycles. The first-order valence-corrected chi connectivity index (χ1v) is 9.02. The molecule has 134 valence electrons. The zero-order valence-corrected chi connectivity index (χ0v) is 15.4. The molecular weight excluding hydrogens is 373 g/mol. The fourth-order valence-electron chi connectivity index (χ4n) is 2.80. The maximum absolute atomic E-state index is 6.06. The Morgan fingerprint density at radius 2 is 1.77 bits per heavy atom. The Hall–Kier alpha value is -2.28. The lowest BCUT2D eigenvalue weighted by atomic mass is 10.2. The molecule has 0 spiro atoms. The minimum Gasteiger partial charge on any atom is -0.378 e. The number of H-pyrrole nitrogens is 1. The van der Waals surface area contributed by atoms with Crippen LogP contribution in [-0.4, -0.2) is 41.5 Å². The van der Waals surface area contributed by atoms with E-state index in [0.29, 0.717) is 21.8 Å². The normalized spacial score (nSPS) is 14.5. The summed E-state index contributed by atoms with van der Waals surface area (Å²) in [6.45, 7) is 3.38.